The molecule has 0 bridgehead atoms. The molecule has 0 amide bonds. The maximum absolute atomic E-state index is 12.0. The van der Waals surface area contributed by atoms with Gasteiger partial charge < -0.3 is 19.3 Å². The van der Waals surface area contributed by atoms with E-state index in [9.17, 15) is 9.90 Å². The van der Waals surface area contributed by atoms with Crippen molar-refractivity contribution >= 4 is 5.97 Å². The van der Waals surface area contributed by atoms with Gasteiger partial charge in [0.05, 0.1) is 7.11 Å². The summed E-state index contributed by atoms with van der Waals surface area (Å²) in [6, 6.07) is 0. The average molecular weight is 282 g/mol. The molecule has 1 unspecified atom stereocenters. The molecule has 0 radical (unpaired) electrons. The summed E-state index contributed by atoms with van der Waals surface area (Å²) in [6.45, 7) is 2.04. The molecule has 2 aliphatic rings. The highest BCUT2D eigenvalue weighted by Crippen LogP contribution is 2.48. The van der Waals surface area contributed by atoms with Crippen molar-refractivity contribution < 1.29 is 24.1 Å². The van der Waals surface area contributed by atoms with E-state index in [1.54, 1.807) is 0 Å². The van der Waals surface area contributed by atoms with Crippen molar-refractivity contribution in [2.24, 2.45) is 17.8 Å². The number of aliphatic hydroxyl groups is 1. The average Bonchev–Trinajstić information content (AvgIpc) is 2.46. The molecule has 0 aromatic rings. The monoisotopic (exact) mass is 282 g/mol. The summed E-state index contributed by atoms with van der Waals surface area (Å²) in [6.07, 6.45) is 5.31. The molecule has 0 spiro atoms. The van der Waals surface area contributed by atoms with E-state index in [1.807, 2.05) is 13.0 Å². The standard InChI is InChI=1S/C15H22O5/c1-9-6-5-7-11-13(9)10(14(17)18-2)8-12(16)15(11,19-3)20-4/h5-6,8-9,11-13,16H,7H2,1-4H3/t9-,11+,12?,13+/m0/s1. The highest BCUT2D eigenvalue weighted by molar-refractivity contribution is 5.89. The Morgan fingerprint density at radius 2 is 2.00 bits per heavy atom. The van der Waals surface area contributed by atoms with Crippen LogP contribution in [0.2, 0.25) is 0 Å². The topological polar surface area (TPSA) is 65.0 Å². The number of ether oxygens (including phenoxy) is 3. The summed E-state index contributed by atoms with van der Waals surface area (Å²) in [7, 11) is 4.38. The molecule has 4 atom stereocenters. The van der Waals surface area contributed by atoms with Gasteiger partial charge in [-0.1, -0.05) is 19.1 Å². The molecular weight excluding hydrogens is 260 g/mol. The van der Waals surface area contributed by atoms with Gasteiger partial charge in [-0.15, -0.1) is 0 Å². The Hall–Kier alpha value is -1.17. The van der Waals surface area contributed by atoms with Crippen molar-refractivity contribution in [2.75, 3.05) is 21.3 Å². The zero-order valence-electron chi connectivity index (χ0n) is 12.3. The van der Waals surface area contributed by atoms with Crippen LogP contribution in [0.3, 0.4) is 0 Å². The van der Waals surface area contributed by atoms with Gasteiger partial charge in [0.1, 0.15) is 6.10 Å². The quantitative estimate of drug-likeness (QED) is 0.480. The number of hydrogen-bond acceptors (Lipinski definition) is 5. The molecule has 20 heavy (non-hydrogen) atoms. The fraction of sp³-hybridized carbons (Fsp3) is 0.667. The van der Waals surface area contributed by atoms with Gasteiger partial charge in [-0.25, -0.2) is 4.79 Å². The predicted molar refractivity (Wildman–Crippen MR) is 72.8 cm³/mol. The van der Waals surface area contributed by atoms with E-state index in [-0.39, 0.29) is 17.8 Å². The Morgan fingerprint density at radius 1 is 1.35 bits per heavy atom. The Morgan fingerprint density at radius 3 is 2.55 bits per heavy atom. The van der Waals surface area contributed by atoms with Gasteiger partial charge in [0.25, 0.3) is 0 Å². The van der Waals surface area contributed by atoms with Gasteiger partial charge in [0.2, 0.25) is 5.79 Å². The van der Waals surface area contributed by atoms with Crippen LogP contribution in [-0.4, -0.2) is 44.3 Å². The third-order valence-electron chi connectivity index (χ3n) is 4.51. The van der Waals surface area contributed by atoms with E-state index in [0.717, 1.165) is 0 Å². The van der Waals surface area contributed by atoms with Gasteiger partial charge in [-0.2, -0.15) is 0 Å². The normalized spacial score (nSPS) is 35.1. The zero-order valence-corrected chi connectivity index (χ0v) is 12.3. The Labute approximate surface area is 119 Å². The summed E-state index contributed by atoms with van der Waals surface area (Å²) in [4.78, 5) is 12.0. The van der Waals surface area contributed by atoms with Gasteiger partial charge in [-0.3, -0.25) is 0 Å². The summed E-state index contributed by atoms with van der Waals surface area (Å²) >= 11 is 0. The summed E-state index contributed by atoms with van der Waals surface area (Å²) in [5.74, 6) is -1.60. The Kier molecular flexibility index (Phi) is 4.32. The zero-order chi connectivity index (χ0) is 14.9. The smallest absolute Gasteiger partial charge is 0.333 e. The van der Waals surface area contributed by atoms with Gasteiger partial charge in [-0.05, 0) is 18.4 Å². The first kappa shape index (κ1) is 15.2. The number of rotatable bonds is 3. The molecule has 5 heteroatoms. The van der Waals surface area contributed by atoms with Crippen molar-refractivity contribution in [3.8, 4) is 0 Å². The molecule has 0 saturated heterocycles. The minimum atomic E-state index is -1.12. The van der Waals surface area contributed by atoms with Crippen LogP contribution in [0.25, 0.3) is 0 Å². The Bertz CT molecular complexity index is 436. The van der Waals surface area contributed by atoms with Crippen molar-refractivity contribution in [3.63, 3.8) is 0 Å². The SMILES string of the molecule is COC(=O)C1=CC(O)C(OC)(OC)[C@@H]2CC=C[C@H](C)[C@H]12. The number of esters is 1. The molecule has 0 fully saturated rings. The maximum atomic E-state index is 12.0. The summed E-state index contributed by atoms with van der Waals surface area (Å²) in [5, 5.41) is 10.4. The van der Waals surface area contributed by atoms with Gasteiger partial charge >= 0.3 is 5.97 Å². The van der Waals surface area contributed by atoms with Gasteiger partial charge in [0, 0.05) is 31.6 Å². The molecule has 5 nitrogen and oxygen atoms in total. The number of hydrogen-bond donors (Lipinski definition) is 1. The lowest BCUT2D eigenvalue weighted by atomic mass is 9.64. The van der Waals surface area contributed by atoms with Crippen LogP contribution in [0.4, 0.5) is 0 Å². The van der Waals surface area contributed by atoms with Crippen molar-refractivity contribution in [1.29, 1.82) is 0 Å². The van der Waals surface area contributed by atoms with E-state index in [4.69, 9.17) is 14.2 Å². The van der Waals surface area contributed by atoms with Crippen LogP contribution in [0.5, 0.6) is 0 Å². The van der Waals surface area contributed by atoms with Crippen LogP contribution in [-0.2, 0) is 19.0 Å². The number of fused-ring (bicyclic) bond motifs is 1. The van der Waals surface area contributed by atoms with Crippen LogP contribution in [0.1, 0.15) is 13.3 Å². The van der Waals surface area contributed by atoms with Crippen molar-refractivity contribution in [3.05, 3.63) is 23.8 Å². The molecule has 0 aromatic carbocycles. The van der Waals surface area contributed by atoms with Crippen LogP contribution in [0.15, 0.2) is 23.8 Å². The molecule has 0 aromatic heterocycles. The van der Waals surface area contributed by atoms with Crippen LogP contribution in [0, 0.1) is 17.8 Å². The second-order valence-electron chi connectivity index (χ2n) is 5.34. The number of carbonyl (C=O) groups is 1. The molecule has 1 N–H and O–H groups in total. The van der Waals surface area contributed by atoms with Crippen LogP contribution < -0.4 is 0 Å². The second-order valence-corrected chi connectivity index (χ2v) is 5.34. The van der Waals surface area contributed by atoms with E-state index < -0.39 is 17.9 Å². The first-order valence-electron chi connectivity index (χ1n) is 6.76. The van der Waals surface area contributed by atoms with E-state index in [0.29, 0.717) is 12.0 Å². The maximum Gasteiger partial charge on any atom is 0.333 e. The number of carbonyl (C=O) groups excluding carboxylic acids is 1. The lowest BCUT2D eigenvalue weighted by Crippen LogP contribution is -2.58. The minimum Gasteiger partial charge on any atom is -0.466 e. The molecule has 0 saturated carbocycles. The lowest BCUT2D eigenvalue weighted by Gasteiger charge is -2.49. The van der Waals surface area contributed by atoms with E-state index in [2.05, 4.69) is 6.08 Å². The molecular formula is C15H22O5. The van der Waals surface area contributed by atoms with Crippen molar-refractivity contribution in [2.45, 2.75) is 25.2 Å². The third kappa shape index (κ3) is 2.10. The molecule has 2 aliphatic carbocycles. The summed E-state index contributed by atoms with van der Waals surface area (Å²) < 4.78 is 15.9. The number of methoxy groups -OCH3 is 3. The highest BCUT2D eigenvalue weighted by Gasteiger charge is 2.55. The molecule has 0 aliphatic heterocycles. The molecule has 2 rings (SSSR count). The second kappa shape index (κ2) is 5.68. The lowest BCUT2D eigenvalue weighted by molar-refractivity contribution is -0.290. The minimum absolute atomic E-state index is 0.0873. The highest BCUT2D eigenvalue weighted by atomic mass is 16.7. The first-order valence-corrected chi connectivity index (χ1v) is 6.76. The fourth-order valence-corrected chi connectivity index (χ4v) is 3.55. The third-order valence-corrected chi connectivity index (χ3v) is 4.51. The summed E-state index contributed by atoms with van der Waals surface area (Å²) in [5.41, 5.74) is 0.506. The first-order chi connectivity index (χ1) is 9.51. The van der Waals surface area contributed by atoms with E-state index in [1.165, 1.54) is 27.4 Å². The number of aliphatic hydroxyl groups excluding tert-OH is 1. The Balaban J connectivity index is 2.53. The number of allylic oxidation sites excluding steroid dienone is 2. The predicted octanol–water partition coefficient (Wildman–Crippen LogP) is 1.28. The van der Waals surface area contributed by atoms with Crippen molar-refractivity contribution in [1.82, 2.24) is 0 Å². The van der Waals surface area contributed by atoms with Gasteiger partial charge in [0.15, 0.2) is 0 Å². The largest absolute Gasteiger partial charge is 0.466 e. The van der Waals surface area contributed by atoms with Crippen LogP contribution >= 0.6 is 0 Å². The molecule has 112 valence electrons. The van der Waals surface area contributed by atoms with E-state index >= 15 is 0 Å². The fourth-order valence-electron chi connectivity index (χ4n) is 3.55. The molecule has 0 heterocycles.